The Morgan fingerprint density at radius 2 is 1.85 bits per heavy atom. The molecule has 0 fully saturated rings. The van der Waals surface area contributed by atoms with Gasteiger partial charge in [-0.15, -0.1) is 0 Å². The van der Waals surface area contributed by atoms with Crippen LogP contribution in [0.25, 0.3) is 0 Å². The number of hydrogen-bond acceptors (Lipinski definition) is 2. The molecule has 3 nitrogen and oxygen atoms in total. The number of aliphatic hydroxyl groups excluding tert-OH is 1. The number of carbonyl (C=O) groups is 1. The molecule has 76 valence electrons. The van der Waals surface area contributed by atoms with Crippen molar-refractivity contribution < 1.29 is 15.0 Å². The Kier molecular flexibility index (Phi) is 7.30. The first-order valence-corrected chi connectivity index (χ1v) is 4.67. The van der Waals surface area contributed by atoms with Gasteiger partial charge >= 0.3 is 5.97 Å². The average Bonchev–Trinajstić information content (AvgIpc) is 2.02. The molecule has 2 N–H and O–H groups in total. The summed E-state index contributed by atoms with van der Waals surface area (Å²) in [6.07, 6.45) is 6.04. The smallest absolute Gasteiger partial charge is 0.328 e. The van der Waals surface area contributed by atoms with Crippen molar-refractivity contribution in [1.82, 2.24) is 0 Å². The van der Waals surface area contributed by atoms with Crippen LogP contribution in [0.5, 0.6) is 0 Å². The minimum atomic E-state index is -0.868. The predicted molar refractivity (Wildman–Crippen MR) is 51.6 cm³/mol. The van der Waals surface area contributed by atoms with Gasteiger partial charge in [-0.2, -0.15) is 0 Å². The molecule has 0 aliphatic carbocycles. The molecule has 0 aromatic rings. The van der Waals surface area contributed by atoms with Crippen molar-refractivity contribution in [3.63, 3.8) is 0 Å². The third kappa shape index (κ3) is 9.08. The van der Waals surface area contributed by atoms with Crippen LogP contribution < -0.4 is 0 Å². The summed E-state index contributed by atoms with van der Waals surface area (Å²) in [5.41, 5.74) is 0.913. The van der Waals surface area contributed by atoms with Gasteiger partial charge in [0.2, 0.25) is 0 Å². The summed E-state index contributed by atoms with van der Waals surface area (Å²) in [4.78, 5) is 10.2. The fourth-order valence-corrected chi connectivity index (χ4v) is 1.15. The summed E-state index contributed by atoms with van der Waals surface area (Å²) in [5.74, 6) is -0.868. The second-order valence-corrected chi connectivity index (χ2v) is 3.22. The van der Waals surface area contributed by atoms with E-state index >= 15 is 0 Å². The van der Waals surface area contributed by atoms with Crippen LogP contribution in [-0.2, 0) is 4.79 Å². The van der Waals surface area contributed by atoms with Crippen molar-refractivity contribution in [2.24, 2.45) is 0 Å². The largest absolute Gasteiger partial charge is 0.478 e. The molecule has 0 radical (unpaired) electrons. The highest BCUT2D eigenvalue weighted by molar-refractivity contribution is 5.80. The number of hydrogen-bond donors (Lipinski definition) is 2. The average molecular weight is 186 g/mol. The lowest BCUT2D eigenvalue weighted by molar-refractivity contribution is -0.131. The number of carboxylic acids is 1. The number of carboxylic acid groups (broad SMARTS) is 1. The van der Waals surface area contributed by atoms with Crippen LogP contribution in [0.1, 0.15) is 39.0 Å². The zero-order valence-corrected chi connectivity index (χ0v) is 8.12. The molecule has 0 rings (SSSR count). The minimum absolute atomic E-state index is 0.254. The van der Waals surface area contributed by atoms with E-state index in [4.69, 9.17) is 10.2 Å². The summed E-state index contributed by atoms with van der Waals surface area (Å²) in [5, 5.41) is 16.9. The quantitative estimate of drug-likeness (QED) is 0.472. The Morgan fingerprint density at radius 3 is 2.38 bits per heavy atom. The fraction of sp³-hybridized carbons (Fsp3) is 0.700. The second-order valence-electron chi connectivity index (χ2n) is 3.22. The molecule has 13 heavy (non-hydrogen) atoms. The molecule has 0 saturated carbocycles. The summed E-state index contributed by atoms with van der Waals surface area (Å²) in [7, 11) is 0. The third-order valence-corrected chi connectivity index (χ3v) is 1.85. The van der Waals surface area contributed by atoms with Crippen LogP contribution in [0.4, 0.5) is 0 Å². The number of rotatable bonds is 7. The summed E-state index contributed by atoms with van der Waals surface area (Å²) < 4.78 is 0. The molecule has 0 aromatic carbocycles. The van der Waals surface area contributed by atoms with Gasteiger partial charge in [0.05, 0.1) is 0 Å². The fourth-order valence-electron chi connectivity index (χ4n) is 1.15. The van der Waals surface area contributed by atoms with Gasteiger partial charge < -0.3 is 10.2 Å². The Morgan fingerprint density at radius 1 is 1.23 bits per heavy atom. The summed E-state index contributed by atoms with van der Waals surface area (Å²) >= 11 is 0. The maximum absolute atomic E-state index is 10.2. The number of allylic oxidation sites excluding steroid dienone is 1. The molecule has 0 atom stereocenters. The van der Waals surface area contributed by atoms with Crippen LogP contribution in [0.15, 0.2) is 11.6 Å². The van der Waals surface area contributed by atoms with E-state index in [9.17, 15) is 4.79 Å². The molecular weight excluding hydrogens is 168 g/mol. The first-order chi connectivity index (χ1) is 6.16. The minimum Gasteiger partial charge on any atom is -0.478 e. The Labute approximate surface area is 79.1 Å². The van der Waals surface area contributed by atoms with E-state index in [2.05, 4.69) is 0 Å². The Bertz CT molecular complexity index is 173. The van der Waals surface area contributed by atoms with E-state index in [1.807, 2.05) is 6.92 Å². The zero-order valence-electron chi connectivity index (χ0n) is 8.12. The van der Waals surface area contributed by atoms with E-state index in [0.717, 1.165) is 37.7 Å². The standard InChI is InChI=1S/C10H18O3/c1-9(8-10(12)13)6-4-2-3-5-7-11/h8,11H,2-7H2,1H3,(H,12,13)/b9-8-. The molecule has 0 aromatic heterocycles. The van der Waals surface area contributed by atoms with Crippen molar-refractivity contribution in [1.29, 1.82) is 0 Å². The number of aliphatic carboxylic acids is 1. The van der Waals surface area contributed by atoms with E-state index in [1.54, 1.807) is 0 Å². The van der Waals surface area contributed by atoms with Gasteiger partial charge in [-0.3, -0.25) is 0 Å². The van der Waals surface area contributed by atoms with Crippen molar-refractivity contribution in [3.05, 3.63) is 11.6 Å². The van der Waals surface area contributed by atoms with Crippen LogP contribution in [0.2, 0.25) is 0 Å². The number of unbranched alkanes of at least 4 members (excludes halogenated alkanes) is 3. The van der Waals surface area contributed by atoms with E-state index in [1.165, 1.54) is 6.08 Å². The van der Waals surface area contributed by atoms with Crippen molar-refractivity contribution in [2.45, 2.75) is 39.0 Å². The maximum atomic E-state index is 10.2. The normalized spacial score (nSPS) is 11.7. The zero-order chi connectivity index (χ0) is 10.1. The summed E-state index contributed by atoms with van der Waals surface area (Å²) in [6.45, 7) is 2.09. The molecule has 0 bridgehead atoms. The first kappa shape index (κ1) is 12.2. The molecule has 0 amide bonds. The molecule has 0 spiro atoms. The van der Waals surface area contributed by atoms with Crippen LogP contribution in [-0.4, -0.2) is 22.8 Å². The highest BCUT2D eigenvalue weighted by atomic mass is 16.4. The molecule has 3 heteroatoms. The third-order valence-electron chi connectivity index (χ3n) is 1.85. The van der Waals surface area contributed by atoms with E-state index < -0.39 is 5.97 Å². The van der Waals surface area contributed by atoms with Gasteiger partial charge in [0.15, 0.2) is 0 Å². The highest BCUT2D eigenvalue weighted by Gasteiger charge is 1.94. The van der Waals surface area contributed by atoms with Crippen molar-refractivity contribution in [3.8, 4) is 0 Å². The molecule has 0 heterocycles. The van der Waals surface area contributed by atoms with Crippen molar-refractivity contribution in [2.75, 3.05) is 6.61 Å². The second kappa shape index (κ2) is 7.80. The van der Waals surface area contributed by atoms with Gasteiger partial charge in [0.1, 0.15) is 0 Å². The lowest BCUT2D eigenvalue weighted by Gasteiger charge is -1.99. The molecule has 0 aliphatic heterocycles. The lowest BCUT2D eigenvalue weighted by Crippen LogP contribution is -1.90. The van der Waals surface area contributed by atoms with E-state index in [-0.39, 0.29) is 6.61 Å². The molecule has 0 unspecified atom stereocenters. The maximum Gasteiger partial charge on any atom is 0.328 e. The van der Waals surface area contributed by atoms with Gasteiger partial charge in [0, 0.05) is 12.7 Å². The van der Waals surface area contributed by atoms with Gasteiger partial charge in [-0.05, 0) is 26.2 Å². The molecular formula is C10H18O3. The van der Waals surface area contributed by atoms with Crippen LogP contribution in [0, 0.1) is 0 Å². The Hall–Kier alpha value is -0.830. The molecule has 0 aliphatic rings. The Balaban J connectivity index is 3.37. The summed E-state index contributed by atoms with van der Waals surface area (Å²) in [6, 6.07) is 0. The molecule has 0 saturated heterocycles. The monoisotopic (exact) mass is 186 g/mol. The topological polar surface area (TPSA) is 57.5 Å². The lowest BCUT2D eigenvalue weighted by atomic mass is 10.1. The first-order valence-electron chi connectivity index (χ1n) is 4.67. The predicted octanol–water partition coefficient (Wildman–Crippen LogP) is 1.96. The van der Waals surface area contributed by atoms with Gasteiger partial charge in [-0.1, -0.05) is 18.4 Å². The van der Waals surface area contributed by atoms with Crippen LogP contribution in [0.3, 0.4) is 0 Å². The van der Waals surface area contributed by atoms with Gasteiger partial charge in [0.25, 0.3) is 0 Å². The van der Waals surface area contributed by atoms with E-state index in [0.29, 0.717) is 0 Å². The van der Waals surface area contributed by atoms with Crippen LogP contribution >= 0.6 is 0 Å². The SMILES string of the molecule is C/C(=C/C(=O)O)CCCCCCO. The highest BCUT2D eigenvalue weighted by Crippen LogP contribution is 2.08. The van der Waals surface area contributed by atoms with Gasteiger partial charge in [-0.25, -0.2) is 4.79 Å². The number of aliphatic hydroxyl groups is 1. The van der Waals surface area contributed by atoms with Crippen molar-refractivity contribution >= 4 is 5.97 Å².